The molecule has 1 rings (SSSR count). The summed E-state index contributed by atoms with van der Waals surface area (Å²) in [5.41, 5.74) is 0. The Morgan fingerprint density at radius 3 is 2.67 bits per heavy atom. The summed E-state index contributed by atoms with van der Waals surface area (Å²) in [5.74, 6) is -0.109. The summed E-state index contributed by atoms with van der Waals surface area (Å²) in [6.07, 6.45) is 3.54. The van der Waals surface area contributed by atoms with Crippen molar-refractivity contribution in [1.82, 2.24) is 10.6 Å². The molecule has 2 amide bonds. The molecule has 1 fully saturated rings. The van der Waals surface area contributed by atoms with Crippen LogP contribution in [0, 0.1) is 5.92 Å². The van der Waals surface area contributed by atoms with Crippen LogP contribution in [0.4, 0.5) is 4.79 Å². The van der Waals surface area contributed by atoms with Crippen molar-refractivity contribution in [3.63, 3.8) is 0 Å². The van der Waals surface area contributed by atoms with Gasteiger partial charge in [0.1, 0.15) is 0 Å². The Morgan fingerprint density at radius 1 is 1.47 bits per heavy atom. The van der Waals surface area contributed by atoms with Crippen LogP contribution in [0.25, 0.3) is 0 Å². The van der Waals surface area contributed by atoms with E-state index in [4.69, 9.17) is 5.11 Å². The van der Waals surface area contributed by atoms with E-state index in [2.05, 4.69) is 10.6 Å². The fourth-order valence-electron chi connectivity index (χ4n) is 1.38. The molecule has 5 nitrogen and oxygen atoms in total. The monoisotopic (exact) mass is 214 g/mol. The number of hydrogen-bond acceptors (Lipinski definition) is 2. The number of amides is 2. The topological polar surface area (TPSA) is 78.4 Å². The number of carbonyl (C=O) groups is 2. The highest BCUT2D eigenvalue weighted by Crippen LogP contribution is 2.31. The number of carboxylic acids is 1. The lowest BCUT2D eigenvalue weighted by Crippen LogP contribution is -2.42. The van der Waals surface area contributed by atoms with E-state index in [1.807, 2.05) is 0 Å². The predicted octanol–water partition coefficient (Wildman–Crippen LogP) is 0.949. The van der Waals surface area contributed by atoms with E-state index >= 15 is 0 Å². The first kappa shape index (κ1) is 11.8. The van der Waals surface area contributed by atoms with Crippen molar-refractivity contribution in [2.24, 2.45) is 5.92 Å². The Balaban J connectivity index is 2.02. The molecule has 0 aromatic heterocycles. The minimum Gasteiger partial charge on any atom is -0.481 e. The maximum atomic E-state index is 11.2. The third-order valence-corrected chi connectivity index (χ3v) is 2.39. The molecule has 5 heteroatoms. The van der Waals surface area contributed by atoms with Gasteiger partial charge in [-0.3, -0.25) is 4.79 Å². The Bertz CT molecular complexity index is 239. The van der Waals surface area contributed by atoms with Gasteiger partial charge in [-0.25, -0.2) is 4.79 Å². The van der Waals surface area contributed by atoms with E-state index in [0.717, 1.165) is 12.3 Å². The van der Waals surface area contributed by atoms with Gasteiger partial charge in [0.25, 0.3) is 0 Å². The Hall–Kier alpha value is -1.26. The summed E-state index contributed by atoms with van der Waals surface area (Å²) in [7, 11) is 0. The molecule has 0 spiro atoms. The fraction of sp³-hybridized carbons (Fsp3) is 0.800. The van der Waals surface area contributed by atoms with Crippen molar-refractivity contribution in [2.45, 2.75) is 38.6 Å². The largest absolute Gasteiger partial charge is 0.481 e. The van der Waals surface area contributed by atoms with Crippen LogP contribution in [-0.2, 0) is 4.79 Å². The number of hydrogen-bond donors (Lipinski definition) is 3. The molecule has 0 aromatic rings. The molecule has 15 heavy (non-hydrogen) atoms. The summed E-state index contributed by atoms with van der Waals surface area (Å²) in [6.45, 7) is 2.35. The number of carbonyl (C=O) groups excluding carboxylic acids is 1. The van der Waals surface area contributed by atoms with Crippen LogP contribution >= 0.6 is 0 Å². The molecule has 0 saturated heterocycles. The first-order chi connectivity index (χ1) is 7.08. The minimum absolute atomic E-state index is 0.0456. The number of rotatable bonds is 6. The first-order valence-corrected chi connectivity index (χ1v) is 5.34. The highest BCUT2D eigenvalue weighted by molar-refractivity contribution is 5.75. The van der Waals surface area contributed by atoms with Crippen molar-refractivity contribution < 1.29 is 14.7 Å². The molecule has 86 valence electrons. The molecule has 0 heterocycles. The van der Waals surface area contributed by atoms with E-state index < -0.39 is 5.97 Å². The molecule has 1 saturated carbocycles. The van der Waals surface area contributed by atoms with Crippen LogP contribution < -0.4 is 10.6 Å². The second-order valence-electron chi connectivity index (χ2n) is 4.13. The molecule has 3 N–H and O–H groups in total. The molecule has 1 aliphatic rings. The number of urea groups is 1. The third-order valence-electron chi connectivity index (χ3n) is 2.39. The van der Waals surface area contributed by atoms with Crippen LogP contribution in [0.2, 0.25) is 0 Å². The van der Waals surface area contributed by atoms with Gasteiger partial charge in [-0.2, -0.15) is 0 Å². The molecule has 0 aromatic carbocycles. The molecular formula is C10H18N2O3. The molecule has 0 aliphatic heterocycles. The molecule has 0 radical (unpaired) electrons. The average Bonchev–Trinajstić information content (AvgIpc) is 2.85. The number of aliphatic carboxylic acids is 1. The molecule has 0 bridgehead atoms. The van der Waals surface area contributed by atoms with Crippen LogP contribution in [0.5, 0.6) is 0 Å². The van der Waals surface area contributed by atoms with Gasteiger partial charge in [0.05, 0.1) is 6.42 Å². The van der Waals surface area contributed by atoms with Crippen LogP contribution in [-0.4, -0.2) is 29.7 Å². The average molecular weight is 214 g/mol. The number of carboxylic acid groups (broad SMARTS) is 1. The summed E-state index contributed by atoms with van der Waals surface area (Å²) < 4.78 is 0. The van der Waals surface area contributed by atoms with Crippen LogP contribution in [0.3, 0.4) is 0 Å². The maximum absolute atomic E-state index is 11.2. The maximum Gasteiger partial charge on any atom is 0.315 e. The predicted molar refractivity (Wildman–Crippen MR) is 55.6 cm³/mol. The first-order valence-electron chi connectivity index (χ1n) is 5.34. The zero-order chi connectivity index (χ0) is 11.3. The normalized spacial score (nSPS) is 16.9. The van der Waals surface area contributed by atoms with Gasteiger partial charge < -0.3 is 15.7 Å². The standard InChI is InChI=1S/C10H18N2O3/c1-7(6-9(13)14)12-10(15)11-5-4-8-2-3-8/h7-8H,2-6H2,1H3,(H,13,14)(H2,11,12,15). The molecule has 1 atom stereocenters. The fourth-order valence-corrected chi connectivity index (χ4v) is 1.38. The van der Waals surface area contributed by atoms with Gasteiger partial charge >= 0.3 is 12.0 Å². The molecule has 1 unspecified atom stereocenters. The summed E-state index contributed by atoms with van der Waals surface area (Å²) >= 11 is 0. The van der Waals surface area contributed by atoms with E-state index in [1.165, 1.54) is 12.8 Å². The Kier molecular flexibility index (Phi) is 4.39. The van der Waals surface area contributed by atoms with E-state index in [-0.39, 0.29) is 18.5 Å². The quantitative estimate of drug-likeness (QED) is 0.616. The van der Waals surface area contributed by atoms with Gasteiger partial charge in [-0.1, -0.05) is 12.8 Å². The summed E-state index contributed by atoms with van der Waals surface area (Å²) in [6, 6.07) is -0.604. The lowest BCUT2D eigenvalue weighted by atomic mass is 10.2. The summed E-state index contributed by atoms with van der Waals surface area (Å²) in [5, 5.41) is 13.8. The van der Waals surface area contributed by atoms with E-state index in [9.17, 15) is 9.59 Å². The number of nitrogens with one attached hydrogen (secondary N) is 2. The third kappa shape index (κ3) is 5.93. The molecular weight excluding hydrogens is 196 g/mol. The van der Waals surface area contributed by atoms with Crippen molar-refractivity contribution in [1.29, 1.82) is 0 Å². The highest BCUT2D eigenvalue weighted by atomic mass is 16.4. The zero-order valence-electron chi connectivity index (χ0n) is 8.95. The summed E-state index contributed by atoms with van der Waals surface area (Å²) in [4.78, 5) is 21.6. The lowest BCUT2D eigenvalue weighted by molar-refractivity contribution is -0.137. The van der Waals surface area contributed by atoms with Crippen LogP contribution in [0.15, 0.2) is 0 Å². The van der Waals surface area contributed by atoms with Gasteiger partial charge in [0, 0.05) is 12.6 Å². The van der Waals surface area contributed by atoms with Crippen LogP contribution in [0.1, 0.15) is 32.6 Å². The minimum atomic E-state index is -0.902. The smallest absolute Gasteiger partial charge is 0.315 e. The van der Waals surface area contributed by atoms with E-state index in [1.54, 1.807) is 6.92 Å². The zero-order valence-corrected chi connectivity index (χ0v) is 8.95. The van der Waals surface area contributed by atoms with Gasteiger partial charge in [0.2, 0.25) is 0 Å². The molecule has 1 aliphatic carbocycles. The van der Waals surface area contributed by atoms with Crippen molar-refractivity contribution in [3.05, 3.63) is 0 Å². The highest BCUT2D eigenvalue weighted by Gasteiger charge is 2.20. The van der Waals surface area contributed by atoms with Crippen molar-refractivity contribution in [3.8, 4) is 0 Å². The second-order valence-corrected chi connectivity index (χ2v) is 4.13. The lowest BCUT2D eigenvalue weighted by Gasteiger charge is -2.12. The van der Waals surface area contributed by atoms with Crippen molar-refractivity contribution in [2.75, 3.05) is 6.54 Å². The SMILES string of the molecule is CC(CC(=O)O)NC(=O)NCCC1CC1. The van der Waals surface area contributed by atoms with Crippen molar-refractivity contribution >= 4 is 12.0 Å². The van der Waals surface area contributed by atoms with E-state index in [0.29, 0.717) is 6.54 Å². The van der Waals surface area contributed by atoms with Gasteiger partial charge in [0.15, 0.2) is 0 Å². The second kappa shape index (κ2) is 5.58. The van der Waals surface area contributed by atoms with Gasteiger partial charge in [-0.15, -0.1) is 0 Å². The Morgan fingerprint density at radius 2 is 2.13 bits per heavy atom. The Labute approximate surface area is 89.2 Å². The van der Waals surface area contributed by atoms with Gasteiger partial charge in [-0.05, 0) is 19.3 Å².